The lowest BCUT2D eigenvalue weighted by atomic mass is 10.0. The van der Waals surface area contributed by atoms with Gasteiger partial charge in [-0.05, 0) is 29.5 Å². The largest absolute Gasteiger partial charge is 0.352 e. The van der Waals surface area contributed by atoms with E-state index in [1.54, 1.807) is 12.1 Å². The third kappa shape index (κ3) is 3.56. The Bertz CT molecular complexity index is 1030. The first-order valence-corrected chi connectivity index (χ1v) is 9.96. The number of nitrogens with one attached hydrogen (secondary N) is 2. The highest BCUT2D eigenvalue weighted by atomic mass is 32.1. The van der Waals surface area contributed by atoms with Gasteiger partial charge in [-0.1, -0.05) is 18.2 Å². The first-order chi connectivity index (χ1) is 14.0. The molecule has 3 heterocycles. The topological polar surface area (TPSA) is 113 Å². The maximum Gasteiger partial charge on any atom is 0.262 e. The number of nitrogens with zero attached hydrogens (tertiary/aromatic N) is 1. The summed E-state index contributed by atoms with van der Waals surface area (Å²) in [6.07, 6.45) is 0.403. The second-order valence-corrected chi connectivity index (χ2v) is 7.85. The highest BCUT2D eigenvalue weighted by Gasteiger charge is 2.45. The minimum Gasteiger partial charge on any atom is -0.352 e. The van der Waals surface area contributed by atoms with E-state index in [-0.39, 0.29) is 42.8 Å². The van der Waals surface area contributed by atoms with Crippen LogP contribution in [0.3, 0.4) is 0 Å². The summed E-state index contributed by atoms with van der Waals surface area (Å²) in [6.45, 7) is 0.0928. The van der Waals surface area contributed by atoms with Crippen molar-refractivity contribution in [3.05, 3.63) is 57.3 Å². The van der Waals surface area contributed by atoms with Gasteiger partial charge < -0.3 is 5.32 Å². The molecule has 2 aromatic rings. The first kappa shape index (κ1) is 19.0. The molecule has 0 bridgehead atoms. The first-order valence-electron chi connectivity index (χ1n) is 9.08. The fraction of sp³-hybridized carbons (Fsp3) is 0.250. The van der Waals surface area contributed by atoms with Crippen LogP contribution >= 0.6 is 11.3 Å². The summed E-state index contributed by atoms with van der Waals surface area (Å²) in [7, 11) is 0. The van der Waals surface area contributed by atoms with E-state index >= 15 is 0 Å². The summed E-state index contributed by atoms with van der Waals surface area (Å²) in [6, 6.07) is 7.55. The molecule has 0 aliphatic carbocycles. The van der Waals surface area contributed by atoms with Crippen LogP contribution in [0.1, 0.15) is 44.0 Å². The molecule has 1 aromatic carbocycles. The monoisotopic (exact) mass is 411 g/mol. The van der Waals surface area contributed by atoms with Gasteiger partial charge in [0.25, 0.3) is 11.8 Å². The van der Waals surface area contributed by atoms with E-state index in [9.17, 15) is 24.0 Å². The molecule has 0 radical (unpaired) electrons. The molecular weight excluding hydrogens is 394 g/mol. The van der Waals surface area contributed by atoms with E-state index in [1.165, 1.54) is 17.4 Å². The Morgan fingerprint density at radius 2 is 1.97 bits per heavy atom. The molecule has 5 amide bonds. The summed E-state index contributed by atoms with van der Waals surface area (Å²) in [5.41, 5.74) is 0.901. The Labute approximate surface area is 169 Å². The molecular formula is C20H17N3O5S. The normalized spacial score (nSPS) is 18.6. The van der Waals surface area contributed by atoms with Crippen LogP contribution < -0.4 is 10.6 Å². The molecule has 2 N–H and O–H groups in total. The van der Waals surface area contributed by atoms with Crippen molar-refractivity contribution in [3.63, 3.8) is 0 Å². The van der Waals surface area contributed by atoms with E-state index in [2.05, 4.69) is 10.6 Å². The van der Waals surface area contributed by atoms with Crippen molar-refractivity contribution >= 4 is 40.9 Å². The molecule has 9 heteroatoms. The fourth-order valence-electron chi connectivity index (χ4n) is 3.56. The van der Waals surface area contributed by atoms with Crippen LogP contribution in [-0.4, -0.2) is 40.5 Å². The highest BCUT2D eigenvalue weighted by molar-refractivity contribution is 7.10. The van der Waals surface area contributed by atoms with Crippen LogP contribution in [0.25, 0.3) is 0 Å². The number of fused-ring (bicyclic) bond motifs is 1. The van der Waals surface area contributed by atoms with Gasteiger partial charge >= 0.3 is 0 Å². The number of imide groups is 2. The Balaban J connectivity index is 1.52. The lowest BCUT2D eigenvalue weighted by molar-refractivity contribution is -0.136. The van der Waals surface area contributed by atoms with Crippen molar-refractivity contribution in [2.75, 3.05) is 0 Å². The van der Waals surface area contributed by atoms with E-state index < -0.39 is 29.7 Å². The van der Waals surface area contributed by atoms with Crippen LogP contribution in [0, 0.1) is 0 Å². The number of hydrogen-bond donors (Lipinski definition) is 2. The van der Waals surface area contributed by atoms with Gasteiger partial charge in [-0.25, -0.2) is 0 Å². The molecule has 0 saturated carbocycles. The predicted molar refractivity (Wildman–Crippen MR) is 103 cm³/mol. The van der Waals surface area contributed by atoms with Gasteiger partial charge in [0.05, 0.1) is 17.5 Å². The Hall–Kier alpha value is -3.33. The maximum atomic E-state index is 13.0. The Kier molecular flexibility index (Phi) is 4.98. The van der Waals surface area contributed by atoms with Crippen molar-refractivity contribution in [2.24, 2.45) is 0 Å². The van der Waals surface area contributed by atoms with Crippen molar-refractivity contribution in [2.45, 2.75) is 31.8 Å². The molecule has 0 spiro atoms. The van der Waals surface area contributed by atoms with Crippen molar-refractivity contribution in [1.29, 1.82) is 0 Å². The van der Waals surface area contributed by atoms with Gasteiger partial charge in [0.2, 0.25) is 17.7 Å². The molecule has 2 aliphatic rings. The van der Waals surface area contributed by atoms with Gasteiger partial charge in [0.1, 0.15) is 6.04 Å². The molecule has 2 aliphatic heterocycles. The summed E-state index contributed by atoms with van der Waals surface area (Å²) < 4.78 is 0. The van der Waals surface area contributed by atoms with Crippen LogP contribution in [-0.2, 0) is 27.3 Å². The van der Waals surface area contributed by atoms with Crippen LogP contribution in [0.5, 0.6) is 0 Å². The van der Waals surface area contributed by atoms with E-state index in [0.717, 1.165) is 9.78 Å². The summed E-state index contributed by atoms with van der Waals surface area (Å²) in [4.78, 5) is 63.3. The molecule has 1 saturated heterocycles. The van der Waals surface area contributed by atoms with Gasteiger partial charge in [-0.15, -0.1) is 11.3 Å². The van der Waals surface area contributed by atoms with Crippen LogP contribution in [0.4, 0.5) is 0 Å². The number of carbonyl (C=O) groups excluding carboxylic acids is 5. The average Bonchev–Trinajstić information content (AvgIpc) is 3.28. The Morgan fingerprint density at radius 3 is 2.69 bits per heavy atom. The second-order valence-electron chi connectivity index (χ2n) is 6.82. The van der Waals surface area contributed by atoms with Gasteiger partial charge in [-0.3, -0.25) is 34.2 Å². The van der Waals surface area contributed by atoms with Gasteiger partial charge in [0, 0.05) is 17.8 Å². The number of thiophene rings is 1. The highest BCUT2D eigenvalue weighted by Crippen LogP contribution is 2.29. The third-order valence-corrected chi connectivity index (χ3v) is 5.82. The molecule has 4 rings (SSSR count). The Morgan fingerprint density at radius 1 is 1.14 bits per heavy atom. The lowest BCUT2D eigenvalue weighted by Gasteiger charge is -2.27. The van der Waals surface area contributed by atoms with E-state index in [4.69, 9.17) is 0 Å². The molecule has 1 aromatic heterocycles. The number of piperidine rings is 1. The zero-order valence-electron chi connectivity index (χ0n) is 15.3. The van der Waals surface area contributed by atoms with Gasteiger partial charge in [-0.2, -0.15) is 0 Å². The predicted octanol–water partition coefficient (Wildman–Crippen LogP) is 1.01. The maximum absolute atomic E-state index is 13.0. The van der Waals surface area contributed by atoms with Gasteiger partial charge in [0.15, 0.2) is 0 Å². The lowest BCUT2D eigenvalue weighted by Crippen LogP contribution is -2.54. The zero-order valence-corrected chi connectivity index (χ0v) is 16.1. The van der Waals surface area contributed by atoms with Crippen molar-refractivity contribution < 1.29 is 24.0 Å². The fourth-order valence-corrected chi connectivity index (χ4v) is 4.26. The minimum atomic E-state index is -1.01. The number of amides is 5. The molecule has 1 unspecified atom stereocenters. The smallest absolute Gasteiger partial charge is 0.262 e. The summed E-state index contributed by atoms with van der Waals surface area (Å²) in [5.74, 6) is -2.41. The standard InChI is InChI=1S/C20H17N3O5S/c24-15-7-6-14(18(26)22-15)23-19(27)13-5-1-3-11(17(13)20(23)28)10-21-16(25)9-12-4-2-8-29-12/h1-5,8,14H,6-7,9-10H2,(H,21,25)(H,22,24,26). The minimum absolute atomic E-state index is 0.0649. The molecule has 8 nitrogen and oxygen atoms in total. The average molecular weight is 411 g/mol. The van der Waals surface area contributed by atoms with E-state index in [1.807, 2.05) is 17.5 Å². The number of benzene rings is 1. The van der Waals surface area contributed by atoms with Crippen molar-refractivity contribution in [1.82, 2.24) is 15.5 Å². The third-order valence-electron chi connectivity index (χ3n) is 4.95. The molecule has 1 atom stereocenters. The summed E-state index contributed by atoms with van der Waals surface area (Å²) >= 11 is 1.48. The van der Waals surface area contributed by atoms with Crippen molar-refractivity contribution in [3.8, 4) is 0 Å². The molecule has 29 heavy (non-hydrogen) atoms. The number of hydrogen-bond acceptors (Lipinski definition) is 6. The SMILES string of the molecule is O=C(Cc1cccs1)NCc1cccc2c1C(=O)N(C1CCC(=O)NC1=O)C2=O. The van der Waals surface area contributed by atoms with E-state index in [0.29, 0.717) is 5.56 Å². The van der Waals surface area contributed by atoms with Crippen LogP contribution in [0.15, 0.2) is 35.7 Å². The molecule has 1 fully saturated rings. The number of rotatable bonds is 5. The second kappa shape index (κ2) is 7.59. The quantitative estimate of drug-likeness (QED) is 0.713. The van der Waals surface area contributed by atoms with Crippen LogP contribution in [0.2, 0.25) is 0 Å². The zero-order chi connectivity index (χ0) is 20.5. The number of carbonyl (C=O) groups is 5. The molecule has 148 valence electrons. The summed E-state index contributed by atoms with van der Waals surface area (Å²) in [5, 5.41) is 6.83.